The number of nitrogens with one attached hydrogen (secondary N) is 3. The highest BCUT2D eigenvalue weighted by Crippen LogP contribution is 2.44. The Balaban J connectivity index is 0.000000126. The summed E-state index contributed by atoms with van der Waals surface area (Å²) in [5.41, 5.74) is 28.1. The van der Waals surface area contributed by atoms with Gasteiger partial charge in [0.25, 0.3) is 28.5 Å². The normalized spacial score (nSPS) is 14.2. The van der Waals surface area contributed by atoms with Crippen LogP contribution in [0.4, 0.5) is 34.9 Å². The molecule has 12 heterocycles. The Bertz CT molecular complexity index is 5630. The number of nitrogen functional groups attached to an aromatic ring is 3. The summed E-state index contributed by atoms with van der Waals surface area (Å²) in [6.45, 7) is 11.4. The van der Waals surface area contributed by atoms with Crippen molar-refractivity contribution in [1.29, 1.82) is 0 Å². The number of hydrogen-bond acceptors (Lipinski definition) is 27. The van der Waals surface area contributed by atoms with Crippen molar-refractivity contribution in [3.05, 3.63) is 195 Å². The number of rotatable bonds is 21. The molecule has 0 bridgehead atoms. The summed E-state index contributed by atoms with van der Waals surface area (Å²) in [5, 5.41) is 44.1. The fourth-order valence-electron chi connectivity index (χ4n) is 14.5. The molecule has 12 aromatic heterocycles. The summed E-state index contributed by atoms with van der Waals surface area (Å²) in [6, 6.07) is 24.0. The third kappa shape index (κ3) is 14.0. The lowest BCUT2D eigenvalue weighted by Crippen LogP contribution is -2.27. The number of fused-ring (bicyclic) bond motifs is 3. The molecule has 3 aromatic carbocycles. The second kappa shape index (κ2) is 29.5. The van der Waals surface area contributed by atoms with E-state index in [-0.39, 0.29) is 82.2 Å². The first-order chi connectivity index (χ1) is 53.8. The van der Waals surface area contributed by atoms with E-state index in [1.807, 2.05) is 108 Å². The summed E-state index contributed by atoms with van der Waals surface area (Å²) >= 11 is 0. The van der Waals surface area contributed by atoms with Crippen LogP contribution in [0.25, 0.3) is 100.0 Å². The van der Waals surface area contributed by atoms with E-state index in [4.69, 9.17) is 30.7 Å². The Hall–Kier alpha value is -13.6. The summed E-state index contributed by atoms with van der Waals surface area (Å²) < 4.78 is 27.3. The molecule has 3 saturated carbocycles. The lowest BCUT2D eigenvalue weighted by atomic mass is 9.99. The standard InChI is InChI=1S/3C26H27N9O2/c1-4-19(31-24-22(23(27)28-13-29-24)25-33-32-14(2)37-25)20-10-15-6-5-7-18(16-11-30-34(3)12-16)21(15)26(36)35(20)17-8-9-17;1-4-19(32-24-22(23(27)28-13-29-24)25-31-14(2)37-33-25)20-10-15-6-5-7-18(16-11-30-34(3)12-16)21(15)26(36)35(20)17-8-9-17;1-4-19(32-24-22(23(27)28-13-29-24)25-31-14(2)33-37-25)20-10-15-6-5-7-18(16-11-30-34(3)12-16)21(15)26(36)35(20)17-8-9-17/h5-7,10-13,17,19H,4,8-9H2,1-3H3,(H3,27,28,29,31);2*5-7,10-13,17,19H,4,8-9H2,1-3H3,(H3,27,28,29,32)/t3*19-/m000/s1. The molecule has 3 atom stereocenters. The van der Waals surface area contributed by atoms with Crippen LogP contribution in [-0.2, 0) is 21.1 Å². The SMILES string of the molecule is CC[C@H](Nc1ncnc(N)c1-c1nc(C)no1)c1cc2cccc(-c3cnn(C)c3)c2c(=O)n1C1CC1.CC[C@H](Nc1ncnc(N)c1-c1nnc(C)o1)c1cc2cccc(-c3cnn(C)c3)c2c(=O)n1C1CC1.CC[C@H](Nc1ncnc(N)c1-c1noc(C)n1)c1cc2cccc(-c3cnn(C)c3)c2c(=O)n1C1CC1. The van der Waals surface area contributed by atoms with Crippen molar-refractivity contribution in [3.8, 4) is 67.7 Å². The smallest absolute Gasteiger partial charge is 0.265 e. The van der Waals surface area contributed by atoms with E-state index in [1.54, 1.807) is 53.4 Å². The van der Waals surface area contributed by atoms with Crippen LogP contribution in [0.15, 0.2) is 157 Å². The highest BCUT2D eigenvalue weighted by molar-refractivity contribution is 5.98. The molecule has 33 nitrogen and oxygen atoms in total. The molecule has 9 N–H and O–H groups in total. The first-order valence-corrected chi connectivity index (χ1v) is 36.9. The quantitative estimate of drug-likeness (QED) is 0.0389. The topological polar surface area (TPSA) is 428 Å². The Kier molecular flexibility index (Phi) is 19.0. The minimum absolute atomic E-state index is 0.00431. The van der Waals surface area contributed by atoms with Gasteiger partial charge in [-0.3, -0.25) is 28.4 Å². The zero-order chi connectivity index (χ0) is 77.0. The number of aryl methyl sites for hydroxylation is 6. The van der Waals surface area contributed by atoms with Gasteiger partial charge in [-0.1, -0.05) is 85.7 Å². The lowest BCUT2D eigenvalue weighted by Gasteiger charge is -2.24. The minimum atomic E-state index is -0.225. The van der Waals surface area contributed by atoms with Crippen LogP contribution in [-0.4, -0.2) is 103 Å². The van der Waals surface area contributed by atoms with Gasteiger partial charge in [-0.25, -0.2) is 29.9 Å². The predicted molar refractivity (Wildman–Crippen MR) is 419 cm³/mol. The van der Waals surface area contributed by atoms with Crippen LogP contribution in [0.3, 0.4) is 0 Å². The monoisotopic (exact) mass is 1490 g/mol. The van der Waals surface area contributed by atoms with Gasteiger partial charge >= 0.3 is 0 Å². The first-order valence-electron chi connectivity index (χ1n) is 36.9. The van der Waals surface area contributed by atoms with Gasteiger partial charge in [-0.05, 0) is 116 Å². The third-order valence-corrected chi connectivity index (χ3v) is 20.2. The highest BCUT2D eigenvalue weighted by Gasteiger charge is 2.36. The van der Waals surface area contributed by atoms with E-state index >= 15 is 0 Å². The minimum Gasteiger partial charge on any atom is -0.421 e. The molecule has 15 aromatic rings. The van der Waals surface area contributed by atoms with Crippen LogP contribution < -0.4 is 49.8 Å². The van der Waals surface area contributed by atoms with Gasteiger partial charge in [0.15, 0.2) is 5.82 Å². The molecule has 0 amide bonds. The van der Waals surface area contributed by atoms with Crippen LogP contribution >= 0.6 is 0 Å². The Labute approximate surface area is 633 Å². The van der Waals surface area contributed by atoms with Gasteiger partial charge in [0.05, 0.1) is 52.9 Å². The van der Waals surface area contributed by atoms with Crippen molar-refractivity contribution >= 4 is 67.2 Å². The molecule has 3 aliphatic rings. The van der Waals surface area contributed by atoms with E-state index in [2.05, 4.69) is 131 Å². The van der Waals surface area contributed by atoms with E-state index in [0.29, 0.717) is 93.0 Å². The Morgan fingerprint density at radius 2 is 0.838 bits per heavy atom. The van der Waals surface area contributed by atoms with E-state index in [0.717, 1.165) is 105 Å². The number of benzene rings is 3. The molecule has 111 heavy (non-hydrogen) atoms. The summed E-state index contributed by atoms with van der Waals surface area (Å²) in [7, 11) is 5.61. The molecule has 0 spiro atoms. The molecule has 18 rings (SSSR count). The van der Waals surface area contributed by atoms with Crippen LogP contribution in [0.5, 0.6) is 0 Å². The predicted octanol–water partition coefficient (Wildman–Crippen LogP) is 12.1. The van der Waals surface area contributed by atoms with Gasteiger partial charge in [0.2, 0.25) is 17.6 Å². The van der Waals surface area contributed by atoms with Gasteiger partial charge in [0.1, 0.15) is 70.6 Å². The first kappa shape index (κ1) is 71.6. The maximum Gasteiger partial charge on any atom is 0.265 e. The van der Waals surface area contributed by atoms with Crippen LogP contribution in [0.1, 0.15) is 149 Å². The van der Waals surface area contributed by atoms with Gasteiger partial charge in [-0.15, -0.1) is 10.2 Å². The fraction of sp³-hybridized carbons (Fsp3) is 0.308. The van der Waals surface area contributed by atoms with Gasteiger partial charge < -0.3 is 60.3 Å². The molecule has 3 aliphatic carbocycles. The second-order valence-corrected chi connectivity index (χ2v) is 28.1. The Morgan fingerprint density at radius 1 is 0.459 bits per heavy atom. The summed E-state index contributed by atoms with van der Waals surface area (Å²) in [6.07, 6.45) is 23.3. The Morgan fingerprint density at radius 3 is 1.15 bits per heavy atom. The van der Waals surface area contributed by atoms with Crippen molar-refractivity contribution < 1.29 is 13.5 Å². The van der Waals surface area contributed by atoms with Crippen LogP contribution in [0.2, 0.25) is 0 Å². The average Bonchev–Trinajstić information content (AvgIpc) is 1.65. The number of nitrogens with two attached hydrogens (primary N) is 3. The lowest BCUT2D eigenvalue weighted by molar-refractivity contribution is 0.394. The number of hydrogen-bond donors (Lipinski definition) is 6. The highest BCUT2D eigenvalue weighted by atomic mass is 16.5. The van der Waals surface area contributed by atoms with Crippen molar-refractivity contribution in [2.75, 3.05) is 33.2 Å². The molecule has 33 heteroatoms. The molecular weight excluding hydrogens is 1410 g/mol. The van der Waals surface area contributed by atoms with Crippen molar-refractivity contribution in [1.82, 2.24) is 103 Å². The molecule has 0 radical (unpaired) electrons. The van der Waals surface area contributed by atoms with Crippen molar-refractivity contribution in [2.24, 2.45) is 21.1 Å². The van der Waals surface area contributed by atoms with Gasteiger partial charge in [0, 0.05) is 105 Å². The largest absolute Gasteiger partial charge is 0.421 e. The molecule has 0 unspecified atom stereocenters. The van der Waals surface area contributed by atoms with Crippen LogP contribution in [0, 0.1) is 20.8 Å². The zero-order valence-corrected chi connectivity index (χ0v) is 62.5. The summed E-state index contributed by atoms with van der Waals surface area (Å²) in [4.78, 5) is 76.6. The second-order valence-electron chi connectivity index (χ2n) is 28.1. The van der Waals surface area contributed by atoms with Crippen molar-refractivity contribution in [3.63, 3.8) is 0 Å². The number of nitrogens with zero attached hydrogens (tertiary/aromatic N) is 21. The maximum atomic E-state index is 14.1. The fourth-order valence-corrected chi connectivity index (χ4v) is 14.5. The maximum absolute atomic E-state index is 14.1. The molecule has 0 saturated heterocycles. The van der Waals surface area contributed by atoms with E-state index < -0.39 is 0 Å². The molecule has 564 valence electrons. The van der Waals surface area contributed by atoms with Gasteiger partial charge in [-0.2, -0.15) is 25.3 Å². The number of pyridine rings is 3. The molecule has 0 aliphatic heterocycles. The van der Waals surface area contributed by atoms with E-state index in [1.165, 1.54) is 19.0 Å². The number of anilines is 6. The number of aromatic nitrogens is 21. The third-order valence-electron chi connectivity index (χ3n) is 20.2. The molecule has 3 fully saturated rings. The average molecular weight is 1490 g/mol. The molecular formula is C78H81N27O6. The summed E-state index contributed by atoms with van der Waals surface area (Å²) in [5.74, 6) is 4.25. The zero-order valence-electron chi connectivity index (χ0n) is 62.5. The van der Waals surface area contributed by atoms with E-state index in [9.17, 15) is 14.4 Å². The van der Waals surface area contributed by atoms with Crippen molar-refractivity contribution in [2.45, 2.75) is 136 Å².